The molecule has 0 radical (unpaired) electrons. The Bertz CT molecular complexity index is 584. The molecule has 1 unspecified atom stereocenters. The summed E-state index contributed by atoms with van der Waals surface area (Å²) < 4.78 is 0. The molecule has 0 aliphatic heterocycles. The molecule has 2 aromatic rings. The Morgan fingerprint density at radius 1 is 1.33 bits per heavy atom. The standard InChI is InChI=1S/C15H24N4OS/c1-4-11-9-12-13(17-10(3)7-6-8-20)18-15(16-5-2)19-14(12)21-11/h9-10,20H,4-8H2,1-3H3,(H2,16,17,18,19). The van der Waals surface area contributed by atoms with Gasteiger partial charge in [0.2, 0.25) is 5.95 Å². The highest BCUT2D eigenvalue weighted by atomic mass is 32.1. The lowest BCUT2D eigenvalue weighted by Gasteiger charge is -2.15. The van der Waals surface area contributed by atoms with Crippen LogP contribution in [0.15, 0.2) is 6.07 Å². The second-order valence-electron chi connectivity index (χ2n) is 5.12. The van der Waals surface area contributed by atoms with Gasteiger partial charge in [-0.15, -0.1) is 11.3 Å². The summed E-state index contributed by atoms with van der Waals surface area (Å²) in [5.74, 6) is 1.56. The molecule has 2 aromatic heterocycles. The van der Waals surface area contributed by atoms with E-state index in [9.17, 15) is 0 Å². The molecule has 0 amide bonds. The first-order chi connectivity index (χ1) is 10.2. The number of anilines is 2. The zero-order chi connectivity index (χ0) is 15.2. The number of aliphatic hydroxyl groups is 1. The molecule has 6 heteroatoms. The van der Waals surface area contributed by atoms with Gasteiger partial charge in [0.05, 0.1) is 5.39 Å². The summed E-state index contributed by atoms with van der Waals surface area (Å²) in [6.45, 7) is 7.34. The van der Waals surface area contributed by atoms with E-state index < -0.39 is 0 Å². The molecule has 3 N–H and O–H groups in total. The van der Waals surface area contributed by atoms with Gasteiger partial charge in [-0.25, -0.2) is 4.98 Å². The maximum absolute atomic E-state index is 8.94. The van der Waals surface area contributed by atoms with E-state index in [1.54, 1.807) is 11.3 Å². The van der Waals surface area contributed by atoms with Crippen molar-refractivity contribution < 1.29 is 5.11 Å². The Labute approximate surface area is 129 Å². The Morgan fingerprint density at radius 2 is 2.14 bits per heavy atom. The number of nitrogens with zero attached hydrogens (tertiary/aromatic N) is 2. The van der Waals surface area contributed by atoms with Crippen LogP contribution in [0.3, 0.4) is 0 Å². The highest BCUT2D eigenvalue weighted by Gasteiger charge is 2.13. The summed E-state index contributed by atoms with van der Waals surface area (Å²) in [7, 11) is 0. The third-order valence-corrected chi connectivity index (χ3v) is 4.48. The lowest BCUT2D eigenvalue weighted by molar-refractivity contribution is 0.282. The minimum atomic E-state index is 0.228. The van der Waals surface area contributed by atoms with Crippen molar-refractivity contribution in [3.63, 3.8) is 0 Å². The second kappa shape index (κ2) is 7.56. The van der Waals surface area contributed by atoms with Crippen LogP contribution in [0.5, 0.6) is 0 Å². The van der Waals surface area contributed by atoms with Crippen LogP contribution in [-0.2, 0) is 6.42 Å². The molecule has 2 rings (SSSR count). The number of thiophene rings is 1. The Hall–Kier alpha value is -1.40. The number of fused-ring (bicyclic) bond motifs is 1. The van der Waals surface area contributed by atoms with Crippen molar-refractivity contribution >= 4 is 33.3 Å². The number of aromatic nitrogens is 2. The topological polar surface area (TPSA) is 70.1 Å². The number of aliphatic hydroxyl groups excluding tert-OH is 1. The molecule has 1 atom stereocenters. The fraction of sp³-hybridized carbons (Fsp3) is 0.600. The minimum absolute atomic E-state index is 0.228. The van der Waals surface area contributed by atoms with Crippen molar-refractivity contribution in [1.82, 2.24) is 9.97 Å². The molecule has 0 aliphatic carbocycles. The van der Waals surface area contributed by atoms with Gasteiger partial charge in [-0.05, 0) is 39.2 Å². The first-order valence-electron chi connectivity index (χ1n) is 7.59. The van der Waals surface area contributed by atoms with E-state index in [2.05, 4.69) is 40.5 Å². The predicted molar refractivity (Wildman–Crippen MR) is 90.4 cm³/mol. The van der Waals surface area contributed by atoms with Crippen molar-refractivity contribution in [2.45, 2.75) is 46.1 Å². The Kier molecular flexibility index (Phi) is 5.76. The van der Waals surface area contributed by atoms with Crippen LogP contribution in [0.2, 0.25) is 0 Å². The second-order valence-corrected chi connectivity index (χ2v) is 6.24. The maximum Gasteiger partial charge on any atom is 0.226 e. The van der Waals surface area contributed by atoms with Crippen LogP contribution >= 0.6 is 11.3 Å². The van der Waals surface area contributed by atoms with E-state index in [0.29, 0.717) is 5.95 Å². The third kappa shape index (κ3) is 4.04. The first-order valence-corrected chi connectivity index (χ1v) is 8.41. The summed E-state index contributed by atoms with van der Waals surface area (Å²) in [5.41, 5.74) is 0. The maximum atomic E-state index is 8.94. The lowest BCUT2D eigenvalue weighted by Crippen LogP contribution is -2.17. The monoisotopic (exact) mass is 308 g/mol. The molecule has 21 heavy (non-hydrogen) atoms. The molecular formula is C15H24N4OS. The van der Waals surface area contributed by atoms with Gasteiger partial charge in [0, 0.05) is 24.1 Å². The quantitative estimate of drug-likeness (QED) is 0.698. The van der Waals surface area contributed by atoms with Crippen molar-refractivity contribution in [2.75, 3.05) is 23.8 Å². The summed E-state index contributed by atoms with van der Waals surface area (Å²) in [6, 6.07) is 2.45. The zero-order valence-corrected chi connectivity index (χ0v) is 13.8. The fourth-order valence-corrected chi connectivity index (χ4v) is 3.16. The van der Waals surface area contributed by atoms with Gasteiger partial charge in [0.1, 0.15) is 10.6 Å². The Balaban J connectivity index is 2.31. The average molecular weight is 308 g/mol. The summed E-state index contributed by atoms with van der Waals surface area (Å²) in [6.07, 6.45) is 2.73. The van der Waals surface area contributed by atoms with Gasteiger partial charge >= 0.3 is 0 Å². The van der Waals surface area contributed by atoms with Crippen molar-refractivity contribution in [3.8, 4) is 0 Å². The van der Waals surface area contributed by atoms with E-state index in [1.165, 1.54) is 4.88 Å². The number of aryl methyl sites for hydroxylation is 1. The molecule has 5 nitrogen and oxygen atoms in total. The molecule has 0 saturated heterocycles. The fourth-order valence-electron chi connectivity index (χ4n) is 2.20. The zero-order valence-electron chi connectivity index (χ0n) is 12.9. The molecule has 0 saturated carbocycles. The highest BCUT2D eigenvalue weighted by molar-refractivity contribution is 7.18. The molecule has 0 aliphatic rings. The summed E-state index contributed by atoms with van der Waals surface area (Å²) in [4.78, 5) is 11.5. The summed E-state index contributed by atoms with van der Waals surface area (Å²) >= 11 is 1.73. The number of hydrogen-bond acceptors (Lipinski definition) is 6. The minimum Gasteiger partial charge on any atom is -0.396 e. The molecule has 0 spiro atoms. The number of nitrogens with one attached hydrogen (secondary N) is 2. The van der Waals surface area contributed by atoms with E-state index in [-0.39, 0.29) is 12.6 Å². The molecule has 0 fully saturated rings. The van der Waals surface area contributed by atoms with Gasteiger partial charge in [-0.3, -0.25) is 0 Å². The van der Waals surface area contributed by atoms with E-state index in [1.807, 2.05) is 6.92 Å². The van der Waals surface area contributed by atoms with Crippen LogP contribution in [-0.4, -0.2) is 34.3 Å². The van der Waals surface area contributed by atoms with Crippen molar-refractivity contribution in [3.05, 3.63) is 10.9 Å². The molecule has 0 bridgehead atoms. The summed E-state index contributed by atoms with van der Waals surface area (Å²) in [5, 5.41) is 16.7. The normalized spacial score (nSPS) is 12.6. The van der Waals surface area contributed by atoms with Gasteiger partial charge in [0.15, 0.2) is 0 Å². The average Bonchev–Trinajstić information content (AvgIpc) is 2.89. The number of hydrogen-bond donors (Lipinski definition) is 3. The van der Waals surface area contributed by atoms with Crippen molar-refractivity contribution in [1.29, 1.82) is 0 Å². The number of rotatable bonds is 8. The van der Waals surface area contributed by atoms with Gasteiger partial charge in [0.25, 0.3) is 0 Å². The van der Waals surface area contributed by atoms with E-state index >= 15 is 0 Å². The molecule has 116 valence electrons. The largest absolute Gasteiger partial charge is 0.396 e. The van der Waals surface area contributed by atoms with Crippen LogP contribution in [0.4, 0.5) is 11.8 Å². The van der Waals surface area contributed by atoms with Crippen LogP contribution < -0.4 is 10.6 Å². The predicted octanol–water partition coefficient (Wildman–Crippen LogP) is 3.26. The van der Waals surface area contributed by atoms with Crippen molar-refractivity contribution in [2.24, 2.45) is 0 Å². The van der Waals surface area contributed by atoms with Gasteiger partial charge in [-0.2, -0.15) is 4.98 Å². The van der Waals surface area contributed by atoms with E-state index in [0.717, 1.165) is 41.8 Å². The van der Waals surface area contributed by atoms with Crippen LogP contribution in [0.1, 0.15) is 38.5 Å². The van der Waals surface area contributed by atoms with Gasteiger partial charge in [-0.1, -0.05) is 6.92 Å². The highest BCUT2D eigenvalue weighted by Crippen LogP contribution is 2.30. The molecule has 2 heterocycles. The Morgan fingerprint density at radius 3 is 2.81 bits per heavy atom. The third-order valence-electron chi connectivity index (χ3n) is 3.31. The molecular weight excluding hydrogens is 284 g/mol. The van der Waals surface area contributed by atoms with Gasteiger partial charge < -0.3 is 15.7 Å². The molecule has 0 aromatic carbocycles. The first kappa shape index (κ1) is 16.0. The van der Waals surface area contributed by atoms with E-state index in [4.69, 9.17) is 5.11 Å². The SMILES string of the molecule is CCNc1nc(NC(C)CCCO)c2cc(CC)sc2n1. The lowest BCUT2D eigenvalue weighted by atomic mass is 10.2. The smallest absolute Gasteiger partial charge is 0.226 e. The van der Waals surface area contributed by atoms with Crippen LogP contribution in [0, 0.1) is 0 Å². The van der Waals surface area contributed by atoms with Crippen LogP contribution in [0.25, 0.3) is 10.2 Å².